The second kappa shape index (κ2) is 11.6. The summed E-state index contributed by atoms with van der Waals surface area (Å²) in [6.07, 6.45) is 0. The van der Waals surface area contributed by atoms with E-state index >= 15 is 0 Å². The number of rotatable bonds is 6. The maximum Gasteiger partial charge on any atom is 0.338 e. The summed E-state index contributed by atoms with van der Waals surface area (Å²) in [6, 6.07) is 19.3. The Kier molecular flexibility index (Phi) is 7.85. The van der Waals surface area contributed by atoms with Crippen LogP contribution in [-0.4, -0.2) is 30.2 Å². The molecule has 218 valence electrons. The van der Waals surface area contributed by atoms with Crippen LogP contribution in [0.1, 0.15) is 36.6 Å². The fraction of sp³-hybridized carbons (Fsp3) is 0.188. The number of esters is 1. The molecule has 0 radical (unpaired) electrons. The first-order chi connectivity index (χ1) is 20.7. The van der Waals surface area contributed by atoms with Gasteiger partial charge in [0.1, 0.15) is 16.3 Å². The number of ether oxygens (including phenoxy) is 2. The van der Waals surface area contributed by atoms with E-state index in [0.29, 0.717) is 44.6 Å². The number of anilines is 1. The normalized spacial score (nSPS) is 17.0. The molecule has 0 unspecified atom stereocenters. The maximum absolute atomic E-state index is 14.5. The Morgan fingerprint density at radius 3 is 2.58 bits per heavy atom. The van der Waals surface area contributed by atoms with E-state index in [-0.39, 0.29) is 28.2 Å². The number of amides is 1. The molecule has 0 aliphatic carbocycles. The molecule has 0 N–H and O–H groups in total. The van der Waals surface area contributed by atoms with Crippen molar-refractivity contribution in [2.24, 2.45) is 4.99 Å². The van der Waals surface area contributed by atoms with Crippen molar-refractivity contribution in [3.05, 3.63) is 124 Å². The molecule has 2 aliphatic rings. The maximum atomic E-state index is 14.5. The highest BCUT2D eigenvalue weighted by Gasteiger charge is 2.38. The number of aromatic nitrogens is 1. The number of hydrogen-bond donors (Lipinski definition) is 0. The molecule has 4 aromatic rings. The smallest absolute Gasteiger partial charge is 0.338 e. The summed E-state index contributed by atoms with van der Waals surface area (Å²) in [5, 5.41) is 0.403. The third-order valence-corrected chi connectivity index (χ3v) is 9.15. The molecule has 43 heavy (non-hydrogen) atoms. The second-order valence-electron chi connectivity index (χ2n) is 9.92. The Morgan fingerprint density at radius 2 is 1.86 bits per heavy atom. The fourth-order valence-electron chi connectivity index (χ4n) is 5.50. The second-order valence-corrected chi connectivity index (χ2v) is 12.3. The molecule has 1 aromatic heterocycles. The summed E-state index contributed by atoms with van der Waals surface area (Å²) >= 11 is 11.1. The summed E-state index contributed by atoms with van der Waals surface area (Å²) < 4.78 is 13.5. The lowest BCUT2D eigenvalue weighted by Crippen LogP contribution is -2.41. The van der Waals surface area contributed by atoms with Crippen molar-refractivity contribution >= 4 is 62.0 Å². The fourth-order valence-corrected chi connectivity index (χ4v) is 7.18. The van der Waals surface area contributed by atoms with Crippen molar-refractivity contribution in [2.45, 2.75) is 26.4 Å². The van der Waals surface area contributed by atoms with Crippen molar-refractivity contribution in [3.63, 3.8) is 0 Å². The zero-order chi connectivity index (χ0) is 30.4. The lowest BCUT2D eigenvalue weighted by Gasteiger charge is -2.26. The Hall–Kier alpha value is -3.99. The van der Waals surface area contributed by atoms with Gasteiger partial charge in [-0.1, -0.05) is 69.2 Å². The van der Waals surface area contributed by atoms with Gasteiger partial charge in [0, 0.05) is 20.6 Å². The van der Waals surface area contributed by atoms with Gasteiger partial charge in [0.15, 0.2) is 4.80 Å². The van der Waals surface area contributed by atoms with Gasteiger partial charge in [-0.05, 0) is 55.8 Å². The van der Waals surface area contributed by atoms with Gasteiger partial charge < -0.3 is 14.4 Å². The van der Waals surface area contributed by atoms with Gasteiger partial charge in [0.2, 0.25) is 0 Å². The lowest BCUT2D eigenvalue weighted by molar-refractivity contribution is -0.139. The van der Waals surface area contributed by atoms with Gasteiger partial charge in [-0.15, -0.1) is 0 Å². The van der Waals surface area contributed by atoms with Gasteiger partial charge in [-0.25, -0.2) is 9.79 Å². The largest absolute Gasteiger partial charge is 0.496 e. The van der Waals surface area contributed by atoms with Crippen LogP contribution >= 0.6 is 38.9 Å². The van der Waals surface area contributed by atoms with Crippen molar-refractivity contribution in [1.29, 1.82) is 0 Å². The number of carbonyl (C=O) groups excluding carboxylic acids is 2. The molecule has 3 aromatic carbocycles. The number of thiazole rings is 1. The summed E-state index contributed by atoms with van der Waals surface area (Å²) in [5.41, 5.74) is 3.21. The molecule has 0 saturated carbocycles. The minimum Gasteiger partial charge on any atom is -0.496 e. The van der Waals surface area contributed by atoms with Crippen LogP contribution in [0, 0.1) is 0 Å². The van der Waals surface area contributed by atoms with Gasteiger partial charge >= 0.3 is 5.97 Å². The number of allylic oxidation sites excluding steroid dienone is 1. The topological polar surface area (TPSA) is 90.2 Å². The first-order valence-electron chi connectivity index (χ1n) is 13.4. The van der Waals surface area contributed by atoms with Gasteiger partial charge in [-0.2, -0.15) is 0 Å². The SMILES string of the molecule is CCOC(=O)C1=C(C)N=c2s/c(=C3/C(=O)N(Cc4ccccc4)c4ccc(Br)cc43)c(=O)n2[C@H]1c1cc(Cl)ccc1OC. The Morgan fingerprint density at radius 1 is 1.09 bits per heavy atom. The van der Waals surface area contributed by atoms with E-state index in [9.17, 15) is 14.4 Å². The third kappa shape index (κ3) is 5.03. The zero-order valence-corrected chi connectivity index (χ0v) is 26.5. The molecule has 1 atom stereocenters. The molecule has 1 amide bonds. The van der Waals surface area contributed by atoms with Crippen LogP contribution in [0.25, 0.3) is 5.57 Å². The average molecular weight is 679 g/mol. The van der Waals surface area contributed by atoms with E-state index in [0.717, 1.165) is 21.4 Å². The van der Waals surface area contributed by atoms with Crippen LogP contribution in [0.4, 0.5) is 5.69 Å². The third-order valence-electron chi connectivity index (χ3n) is 7.37. The molecule has 3 heterocycles. The van der Waals surface area contributed by atoms with E-state index < -0.39 is 17.6 Å². The molecular formula is C32H25BrClN3O5S. The first-order valence-corrected chi connectivity index (χ1v) is 15.4. The molecule has 11 heteroatoms. The number of carbonyl (C=O) groups is 2. The van der Waals surface area contributed by atoms with Crippen LogP contribution in [0.5, 0.6) is 5.75 Å². The number of benzene rings is 3. The summed E-state index contributed by atoms with van der Waals surface area (Å²) in [6.45, 7) is 3.89. The minimum absolute atomic E-state index is 0.140. The molecule has 6 rings (SSSR count). The van der Waals surface area contributed by atoms with Gasteiger partial charge in [0.25, 0.3) is 11.5 Å². The van der Waals surface area contributed by atoms with Crippen molar-refractivity contribution in [1.82, 2.24) is 4.57 Å². The molecule has 0 saturated heterocycles. The molecule has 0 spiro atoms. The number of hydrogen-bond acceptors (Lipinski definition) is 7. The predicted octanol–water partition coefficient (Wildman–Crippen LogP) is 5.14. The number of fused-ring (bicyclic) bond motifs is 2. The summed E-state index contributed by atoms with van der Waals surface area (Å²) in [4.78, 5) is 48.6. The number of halogens is 2. The molecule has 2 aliphatic heterocycles. The monoisotopic (exact) mass is 677 g/mol. The molecule has 0 bridgehead atoms. The summed E-state index contributed by atoms with van der Waals surface area (Å²) in [5.74, 6) is -0.459. The van der Waals surface area contributed by atoms with E-state index in [1.807, 2.05) is 48.5 Å². The Labute approximate surface area is 264 Å². The highest BCUT2D eigenvalue weighted by molar-refractivity contribution is 9.10. The van der Waals surface area contributed by atoms with Crippen LogP contribution in [-0.2, 0) is 20.9 Å². The average Bonchev–Trinajstić information content (AvgIpc) is 3.44. The van der Waals surface area contributed by atoms with Crippen molar-refractivity contribution < 1.29 is 19.1 Å². The van der Waals surface area contributed by atoms with Crippen LogP contribution in [0.3, 0.4) is 0 Å². The van der Waals surface area contributed by atoms with Crippen molar-refractivity contribution in [3.8, 4) is 5.75 Å². The predicted molar refractivity (Wildman–Crippen MR) is 169 cm³/mol. The molecule has 0 fully saturated rings. The van der Waals surface area contributed by atoms with Crippen LogP contribution in [0.2, 0.25) is 5.02 Å². The van der Waals surface area contributed by atoms with Crippen LogP contribution in [0.15, 0.2) is 92.3 Å². The van der Waals surface area contributed by atoms with Gasteiger partial charge in [0.05, 0.1) is 42.8 Å². The number of methoxy groups -OCH3 is 1. The summed E-state index contributed by atoms with van der Waals surface area (Å²) in [7, 11) is 1.51. The van der Waals surface area contributed by atoms with Gasteiger partial charge in [-0.3, -0.25) is 14.2 Å². The highest BCUT2D eigenvalue weighted by Crippen LogP contribution is 2.39. The quantitative estimate of drug-likeness (QED) is 0.264. The molecular weight excluding hydrogens is 654 g/mol. The number of nitrogens with zero attached hydrogens (tertiary/aromatic N) is 3. The van der Waals surface area contributed by atoms with E-state index in [1.165, 1.54) is 11.7 Å². The minimum atomic E-state index is -0.947. The Bertz CT molecular complexity index is 2020. The van der Waals surface area contributed by atoms with Crippen LogP contribution < -0.4 is 24.5 Å². The Balaban J connectivity index is 1.63. The van der Waals surface area contributed by atoms with Crippen molar-refractivity contribution in [2.75, 3.05) is 18.6 Å². The molecule has 8 nitrogen and oxygen atoms in total. The van der Waals surface area contributed by atoms with E-state index in [1.54, 1.807) is 36.9 Å². The standard InChI is InChI=1S/C32H25BrClN3O5S/c1-4-42-31(40)25-17(2)35-32-37(27(25)22-15-20(34)11-13-24(22)41-3)30(39)28(43-32)26-21-14-19(33)10-12-23(21)36(29(26)38)16-18-8-6-5-7-9-18/h5-15,27H,4,16H2,1-3H3/b28-26+/t27-/m0/s1. The van der Waals surface area contributed by atoms with E-state index in [4.69, 9.17) is 21.1 Å². The highest BCUT2D eigenvalue weighted by atomic mass is 79.9. The first kappa shape index (κ1) is 29.1. The zero-order valence-electron chi connectivity index (χ0n) is 23.4. The lowest BCUT2D eigenvalue weighted by atomic mass is 9.95. The van der Waals surface area contributed by atoms with E-state index in [2.05, 4.69) is 20.9 Å².